The van der Waals surface area contributed by atoms with Crippen LogP contribution in [-0.2, 0) is 6.54 Å². The molecule has 3 nitrogen and oxygen atoms in total. The second-order valence-corrected chi connectivity index (χ2v) is 6.05. The number of carbonyl (C=O) groups is 2. The van der Waals surface area contributed by atoms with Gasteiger partial charge in [0.1, 0.15) is 0 Å². The van der Waals surface area contributed by atoms with Crippen LogP contribution < -0.4 is 0 Å². The number of carbonyl (C=O) groups excluding carboxylic acids is 2. The number of hydrogen-bond donors (Lipinski definition) is 0. The fourth-order valence-corrected chi connectivity index (χ4v) is 3.06. The van der Waals surface area contributed by atoms with Crippen molar-refractivity contribution in [2.45, 2.75) is 13.5 Å². The summed E-state index contributed by atoms with van der Waals surface area (Å²) in [6, 6.07) is 24.8. The number of benzene rings is 3. The molecule has 3 rings (SSSR count). The van der Waals surface area contributed by atoms with Gasteiger partial charge in [-0.3, -0.25) is 9.59 Å². The predicted molar refractivity (Wildman–Crippen MR) is 104 cm³/mol. The van der Waals surface area contributed by atoms with Crippen molar-refractivity contribution in [3.63, 3.8) is 0 Å². The van der Waals surface area contributed by atoms with E-state index in [1.54, 1.807) is 4.90 Å². The third-order valence-corrected chi connectivity index (χ3v) is 4.45. The summed E-state index contributed by atoms with van der Waals surface area (Å²) in [5.74, 6) is -0.0323. The van der Waals surface area contributed by atoms with Gasteiger partial charge in [-0.05, 0) is 35.7 Å². The highest BCUT2D eigenvalue weighted by Crippen LogP contribution is 2.26. The SMILES string of the molecule is CCN(Cc1cccc(-c2ccccc2)c1C=O)C(=O)c1ccccc1. The maximum atomic E-state index is 12.8. The van der Waals surface area contributed by atoms with Crippen molar-refractivity contribution < 1.29 is 9.59 Å². The molecule has 0 bridgehead atoms. The minimum Gasteiger partial charge on any atom is -0.335 e. The van der Waals surface area contributed by atoms with E-state index in [-0.39, 0.29) is 5.91 Å². The molecule has 0 saturated heterocycles. The molecule has 0 fully saturated rings. The minimum atomic E-state index is -0.0323. The Morgan fingerprint density at radius 3 is 2.15 bits per heavy atom. The number of hydrogen-bond acceptors (Lipinski definition) is 2. The van der Waals surface area contributed by atoms with Crippen molar-refractivity contribution in [2.24, 2.45) is 0 Å². The molecule has 0 aliphatic rings. The number of aldehydes is 1. The number of amides is 1. The largest absolute Gasteiger partial charge is 0.335 e. The third kappa shape index (κ3) is 3.72. The van der Waals surface area contributed by atoms with Gasteiger partial charge < -0.3 is 4.90 Å². The minimum absolute atomic E-state index is 0.0323. The smallest absolute Gasteiger partial charge is 0.254 e. The Hall–Kier alpha value is -3.20. The summed E-state index contributed by atoms with van der Waals surface area (Å²) < 4.78 is 0. The first-order valence-corrected chi connectivity index (χ1v) is 8.71. The zero-order valence-corrected chi connectivity index (χ0v) is 14.8. The van der Waals surface area contributed by atoms with Gasteiger partial charge in [0.15, 0.2) is 6.29 Å². The Morgan fingerprint density at radius 2 is 1.54 bits per heavy atom. The molecule has 0 spiro atoms. The number of rotatable bonds is 6. The van der Waals surface area contributed by atoms with E-state index in [1.807, 2.05) is 85.8 Å². The lowest BCUT2D eigenvalue weighted by Crippen LogP contribution is -2.30. The highest BCUT2D eigenvalue weighted by Gasteiger charge is 2.17. The number of nitrogens with zero attached hydrogens (tertiary/aromatic N) is 1. The summed E-state index contributed by atoms with van der Waals surface area (Å²) in [4.78, 5) is 26.4. The monoisotopic (exact) mass is 343 g/mol. The van der Waals surface area contributed by atoms with Crippen LogP contribution in [0.25, 0.3) is 11.1 Å². The standard InChI is InChI=1S/C23H21NO2/c1-2-24(23(26)19-12-7-4-8-13-19)16-20-14-9-15-21(22(20)17-25)18-10-5-3-6-11-18/h3-15,17H,2,16H2,1H3. The molecule has 3 aromatic rings. The van der Waals surface area contributed by atoms with Crippen LogP contribution in [0.5, 0.6) is 0 Å². The fraction of sp³-hybridized carbons (Fsp3) is 0.130. The van der Waals surface area contributed by atoms with Crippen LogP contribution in [0.4, 0.5) is 0 Å². The summed E-state index contributed by atoms with van der Waals surface area (Å²) in [5.41, 5.74) is 4.03. The third-order valence-electron chi connectivity index (χ3n) is 4.45. The molecule has 0 saturated carbocycles. The molecule has 1 amide bonds. The molecule has 130 valence electrons. The Bertz CT molecular complexity index is 889. The summed E-state index contributed by atoms with van der Waals surface area (Å²) >= 11 is 0. The molecular weight excluding hydrogens is 322 g/mol. The van der Waals surface area contributed by atoms with Crippen molar-refractivity contribution in [1.82, 2.24) is 4.90 Å². The van der Waals surface area contributed by atoms with Gasteiger partial charge in [0.2, 0.25) is 0 Å². The van der Waals surface area contributed by atoms with E-state index < -0.39 is 0 Å². The zero-order chi connectivity index (χ0) is 18.4. The van der Waals surface area contributed by atoms with E-state index >= 15 is 0 Å². The summed E-state index contributed by atoms with van der Waals surface area (Å²) in [6.45, 7) is 2.92. The van der Waals surface area contributed by atoms with Crippen LogP contribution in [-0.4, -0.2) is 23.6 Å². The lowest BCUT2D eigenvalue weighted by Gasteiger charge is -2.22. The molecule has 0 unspecified atom stereocenters. The van der Waals surface area contributed by atoms with E-state index in [1.165, 1.54) is 0 Å². The Labute approximate surface area is 153 Å². The first-order chi connectivity index (χ1) is 12.7. The molecule has 0 aliphatic heterocycles. The maximum absolute atomic E-state index is 12.8. The van der Waals surface area contributed by atoms with Gasteiger partial charge in [0.25, 0.3) is 5.91 Å². The zero-order valence-electron chi connectivity index (χ0n) is 14.8. The van der Waals surface area contributed by atoms with Crippen LogP contribution in [0.15, 0.2) is 78.9 Å². The molecule has 0 atom stereocenters. The molecular formula is C23H21NO2. The first-order valence-electron chi connectivity index (χ1n) is 8.71. The Kier molecular flexibility index (Phi) is 5.59. The van der Waals surface area contributed by atoms with Crippen LogP contribution in [0.3, 0.4) is 0 Å². The van der Waals surface area contributed by atoms with Crippen molar-refractivity contribution in [1.29, 1.82) is 0 Å². The molecule has 26 heavy (non-hydrogen) atoms. The Morgan fingerprint density at radius 1 is 0.885 bits per heavy atom. The second kappa shape index (κ2) is 8.26. The van der Waals surface area contributed by atoms with E-state index in [0.29, 0.717) is 24.2 Å². The fourth-order valence-electron chi connectivity index (χ4n) is 3.06. The van der Waals surface area contributed by atoms with Gasteiger partial charge in [-0.1, -0.05) is 66.7 Å². The van der Waals surface area contributed by atoms with Crippen LogP contribution in [0.1, 0.15) is 33.2 Å². The highest BCUT2D eigenvalue weighted by molar-refractivity contribution is 5.94. The predicted octanol–water partition coefficient (Wildman–Crippen LogP) is 4.83. The van der Waals surface area contributed by atoms with E-state index in [0.717, 1.165) is 23.0 Å². The quantitative estimate of drug-likeness (QED) is 0.601. The molecule has 3 aromatic carbocycles. The first kappa shape index (κ1) is 17.6. The van der Waals surface area contributed by atoms with Crippen molar-refractivity contribution in [3.8, 4) is 11.1 Å². The van der Waals surface area contributed by atoms with Gasteiger partial charge in [-0.2, -0.15) is 0 Å². The normalized spacial score (nSPS) is 10.3. The summed E-state index contributed by atoms with van der Waals surface area (Å²) in [7, 11) is 0. The summed E-state index contributed by atoms with van der Waals surface area (Å²) in [5, 5.41) is 0. The molecule has 0 heterocycles. The molecule has 3 heteroatoms. The van der Waals surface area contributed by atoms with Crippen molar-refractivity contribution in [3.05, 3.63) is 95.6 Å². The van der Waals surface area contributed by atoms with Crippen molar-refractivity contribution >= 4 is 12.2 Å². The van der Waals surface area contributed by atoms with Crippen LogP contribution in [0.2, 0.25) is 0 Å². The lowest BCUT2D eigenvalue weighted by molar-refractivity contribution is 0.0751. The molecule has 0 aromatic heterocycles. The maximum Gasteiger partial charge on any atom is 0.254 e. The molecule has 0 N–H and O–H groups in total. The van der Waals surface area contributed by atoms with Gasteiger partial charge >= 0.3 is 0 Å². The van der Waals surface area contributed by atoms with Crippen LogP contribution >= 0.6 is 0 Å². The van der Waals surface area contributed by atoms with Gasteiger partial charge in [0, 0.05) is 24.2 Å². The van der Waals surface area contributed by atoms with Gasteiger partial charge in [-0.15, -0.1) is 0 Å². The summed E-state index contributed by atoms with van der Waals surface area (Å²) in [6.07, 6.45) is 0.887. The van der Waals surface area contributed by atoms with E-state index in [4.69, 9.17) is 0 Å². The average Bonchev–Trinajstić information content (AvgIpc) is 2.72. The Balaban J connectivity index is 1.94. The van der Waals surface area contributed by atoms with E-state index in [2.05, 4.69) is 0 Å². The van der Waals surface area contributed by atoms with E-state index in [9.17, 15) is 9.59 Å². The topological polar surface area (TPSA) is 37.4 Å². The average molecular weight is 343 g/mol. The molecule has 0 radical (unpaired) electrons. The van der Waals surface area contributed by atoms with Crippen LogP contribution in [0, 0.1) is 0 Å². The second-order valence-electron chi connectivity index (χ2n) is 6.05. The highest BCUT2D eigenvalue weighted by atomic mass is 16.2. The lowest BCUT2D eigenvalue weighted by atomic mass is 9.96. The molecule has 0 aliphatic carbocycles. The van der Waals surface area contributed by atoms with Crippen molar-refractivity contribution in [2.75, 3.05) is 6.54 Å². The van der Waals surface area contributed by atoms with Gasteiger partial charge in [-0.25, -0.2) is 0 Å². The van der Waals surface area contributed by atoms with Gasteiger partial charge in [0.05, 0.1) is 0 Å².